The van der Waals surface area contributed by atoms with E-state index in [0.29, 0.717) is 10.2 Å². The summed E-state index contributed by atoms with van der Waals surface area (Å²) in [6, 6.07) is 7.41. The molecule has 0 radical (unpaired) electrons. The number of rotatable bonds is 5. The number of amides is 1. The minimum Gasteiger partial charge on any atom is -0.389 e. The first-order chi connectivity index (χ1) is 12.7. The van der Waals surface area contributed by atoms with Crippen molar-refractivity contribution in [2.75, 3.05) is 13.6 Å². The minimum atomic E-state index is -0.935. The number of hydrogen-bond acceptors (Lipinski definition) is 5. The lowest BCUT2D eigenvalue weighted by atomic mass is 10.0. The summed E-state index contributed by atoms with van der Waals surface area (Å²) < 4.78 is 2.63. The zero-order valence-corrected chi connectivity index (χ0v) is 19.5. The van der Waals surface area contributed by atoms with Crippen LogP contribution in [0.5, 0.6) is 0 Å². The number of fused-ring (bicyclic) bond motifs is 1. The van der Waals surface area contributed by atoms with Crippen molar-refractivity contribution >= 4 is 63.3 Å². The Morgan fingerprint density at radius 3 is 2.63 bits per heavy atom. The molecule has 0 unspecified atom stereocenters. The maximum absolute atomic E-state index is 12.6. The number of carbonyl (C=O) groups excluding carboxylic acids is 1. The lowest BCUT2D eigenvalue weighted by molar-refractivity contribution is 0.0368. The molecule has 0 saturated heterocycles. The highest BCUT2D eigenvalue weighted by atomic mass is 127. The van der Waals surface area contributed by atoms with Crippen LogP contribution in [-0.2, 0) is 0 Å². The number of likely N-dealkylation sites (N-methyl/N-ethyl adjacent to an activating group) is 1. The molecule has 0 bridgehead atoms. The van der Waals surface area contributed by atoms with Gasteiger partial charge in [0, 0.05) is 61.2 Å². The van der Waals surface area contributed by atoms with E-state index < -0.39 is 5.60 Å². The maximum atomic E-state index is 12.6. The third kappa shape index (κ3) is 4.64. The SMILES string of the molecule is CN(CC(C)(C)O)C(=O)c1ccc(-c2cn(SI)c3ncc(Br)nc23)cc1. The average molecular weight is 561 g/mol. The number of hydrogen-bond donors (Lipinski definition) is 1. The number of carbonyl (C=O) groups is 1. The van der Waals surface area contributed by atoms with Gasteiger partial charge in [-0.3, -0.25) is 8.77 Å². The van der Waals surface area contributed by atoms with Crippen molar-refractivity contribution in [1.82, 2.24) is 18.8 Å². The van der Waals surface area contributed by atoms with Gasteiger partial charge in [-0.15, -0.1) is 0 Å². The van der Waals surface area contributed by atoms with Crippen LogP contribution in [0.1, 0.15) is 24.2 Å². The molecule has 6 nitrogen and oxygen atoms in total. The van der Waals surface area contributed by atoms with Gasteiger partial charge in [0.2, 0.25) is 0 Å². The van der Waals surface area contributed by atoms with Crippen molar-refractivity contribution in [3.8, 4) is 11.1 Å². The monoisotopic (exact) mass is 560 g/mol. The van der Waals surface area contributed by atoms with E-state index in [9.17, 15) is 9.90 Å². The molecule has 1 amide bonds. The van der Waals surface area contributed by atoms with E-state index in [0.717, 1.165) is 22.3 Å². The van der Waals surface area contributed by atoms with E-state index in [1.165, 1.54) is 14.0 Å². The lowest BCUT2D eigenvalue weighted by Gasteiger charge is -2.25. The summed E-state index contributed by atoms with van der Waals surface area (Å²) in [4.78, 5) is 23.1. The Hall–Kier alpha value is -1.17. The zero-order chi connectivity index (χ0) is 19.8. The van der Waals surface area contributed by atoms with Gasteiger partial charge in [0.05, 0.1) is 11.8 Å². The molecule has 1 N–H and O–H groups in total. The number of benzene rings is 1. The fourth-order valence-electron chi connectivity index (χ4n) is 2.87. The first kappa shape index (κ1) is 20.6. The Balaban J connectivity index is 1.93. The van der Waals surface area contributed by atoms with E-state index >= 15 is 0 Å². The molecular weight excluding hydrogens is 543 g/mol. The molecule has 0 aliphatic carbocycles. The average Bonchev–Trinajstić information content (AvgIpc) is 2.97. The quantitative estimate of drug-likeness (QED) is 0.464. The van der Waals surface area contributed by atoms with Crippen LogP contribution >= 0.6 is 46.3 Å². The Kier molecular flexibility index (Phi) is 6.14. The van der Waals surface area contributed by atoms with Gasteiger partial charge in [0.25, 0.3) is 5.91 Å². The molecule has 3 aromatic rings. The van der Waals surface area contributed by atoms with E-state index in [1.54, 1.807) is 39.2 Å². The van der Waals surface area contributed by atoms with Gasteiger partial charge in [-0.2, -0.15) is 0 Å². The third-order valence-corrected chi connectivity index (χ3v) is 6.00. The number of aromatic nitrogens is 3. The molecule has 0 fully saturated rings. The molecule has 0 saturated carbocycles. The molecular formula is C18H18BrIN4O2S. The normalized spacial score (nSPS) is 11.8. The second-order valence-electron chi connectivity index (χ2n) is 6.85. The lowest BCUT2D eigenvalue weighted by Crippen LogP contribution is -2.39. The van der Waals surface area contributed by atoms with Crippen molar-refractivity contribution in [3.05, 3.63) is 46.8 Å². The maximum Gasteiger partial charge on any atom is 0.253 e. The topological polar surface area (TPSA) is 71.2 Å². The summed E-state index contributed by atoms with van der Waals surface area (Å²) in [5, 5.41) is 9.91. The van der Waals surface area contributed by atoms with Crippen molar-refractivity contribution in [2.45, 2.75) is 19.4 Å². The third-order valence-electron chi connectivity index (χ3n) is 3.92. The Labute approximate surface area is 182 Å². The molecule has 2 heterocycles. The molecule has 142 valence electrons. The van der Waals surface area contributed by atoms with Crippen LogP contribution < -0.4 is 0 Å². The van der Waals surface area contributed by atoms with Crippen molar-refractivity contribution < 1.29 is 9.90 Å². The Morgan fingerprint density at radius 1 is 1.37 bits per heavy atom. The first-order valence-corrected chi connectivity index (χ1v) is 12.2. The largest absolute Gasteiger partial charge is 0.389 e. The second kappa shape index (κ2) is 8.06. The van der Waals surface area contributed by atoms with Gasteiger partial charge in [-0.05, 0) is 47.5 Å². The van der Waals surface area contributed by atoms with Gasteiger partial charge >= 0.3 is 0 Å². The molecule has 1 aromatic carbocycles. The van der Waals surface area contributed by atoms with Crippen LogP contribution in [0, 0.1) is 0 Å². The van der Waals surface area contributed by atoms with Crippen molar-refractivity contribution in [1.29, 1.82) is 0 Å². The molecule has 27 heavy (non-hydrogen) atoms. The van der Waals surface area contributed by atoms with Crippen LogP contribution in [0.2, 0.25) is 0 Å². The molecule has 0 aliphatic rings. The van der Waals surface area contributed by atoms with Gasteiger partial charge < -0.3 is 10.0 Å². The fraction of sp³-hybridized carbons (Fsp3) is 0.278. The van der Waals surface area contributed by atoms with Crippen molar-refractivity contribution in [2.24, 2.45) is 0 Å². The van der Waals surface area contributed by atoms with E-state index in [2.05, 4.69) is 47.1 Å². The summed E-state index contributed by atoms with van der Waals surface area (Å²) in [5.74, 6) is -0.128. The summed E-state index contributed by atoms with van der Waals surface area (Å²) in [7, 11) is 3.21. The highest BCUT2D eigenvalue weighted by molar-refractivity contribution is 14.2. The van der Waals surface area contributed by atoms with Crippen LogP contribution in [0.15, 0.2) is 41.3 Å². The summed E-state index contributed by atoms with van der Waals surface area (Å²) >= 11 is 5.58. The van der Waals surface area contributed by atoms with Crippen molar-refractivity contribution in [3.63, 3.8) is 0 Å². The highest BCUT2D eigenvalue weighted by Crippen LogP contribution is 2.33. The van der Waals surface area contributed by atoms with Crippen LogP contribution in [0.25, 0.3) is 22.3 Å². The van der Waals surface area contributed by atoms with Gasteiger partial charge in [0.15, 0.2) is 5.65 Å². The standard InChI is InChI=1S/C18H18BrIN4O2S/c1-18(2,26)10-23(3)17(25)12-6-4-11(5-7-12)13-9-24(27-20)16-15(13)22-14(19)8-21-16/h4-9,26H,10H2,1-3H3. The smallest absolute Gasteiger partial charge is 0.253 e. The zero-order valence-electron chi connectivity index (χ0n) is 15.0. The van der Waals surface area contributed by atoms with Crippen LogP contribution in [0.3, 0.4) is 0 Å². The minimum absolute atomic E-state index is 0.128. The molecule has 9 heteroatoms. The molecule has 0 spiro atoms. The number of halogens is 2. The molecule has 0 aliphatic heterocycles. The number of aliphatic hydroxyl groups is 1. The number of nitrogens with zero attached hydrogens (tertiary/aromatic N) is 4. The second-order valence-corrected chi connectivity index (χ2v) is 9.38. The van der Waals surface area contributed by atoms with Gasteiger partial charge in [-0.25, -0.2) is 9.97 Å². The predicted octanol–water partition coefficient (Wildman–Crippen LogP) is 4.55. The first-order valence-electron chi connectivity index (χ1n) is 8.10. The van der Waals surface area contributed by atoms with E-state index in [4.69, 9.17) is 0 Å². The Morgan fingerprint density at radius 2 is 2.04 bits per heavy atom. The van der Waals surface area contributed by atoms with Gasteiger partial charge in [-0.1, -0.05) is 12.1 Å². The van der Waals surface area contributed by atoms with Crippen LogP contribution in [0.4, 0.5) is 0 Å². The highest BCUT2D eigenvalue weighted by Gasteiger charge is 2.21. The summed E-state index contributed by atoms with van der Waals surface area (Å²) in [6.45, 7) is 3.62. The molecule has 3 rings (SSSR count). The fourth-order valence-corrected chi connectivity index (χ4v) is 4.40. The summed E-state index contributed by atoms with van der Waals surface area (Å²) in [5.41, 5.74) is 3.13. The predicted molar refractivity (Wildman–Crippen MR) is 121 cm³/mol. The Bertz CT molecular complexity index is 985. The van der Waals surface area contributed by atoms with Gasteiger partial charge in [0.1, 0.15) is 10.1 Å². The van der Waals surface area contributed by atoms with E-state index in [1.807, 2.05) is 22.3 Å². The molecule has 0 atom stereocenters. The molecule has 2 aromatic heterocycles. The van der Waals surface area contributed by atoms with Crippen LogP contribution in [-0.4, -0.2) is 49.0 Å². The summed E-state index contributed by atoms with van der Waals surface area (Å²) in [6.07, 6.45) is 3.67. The van der Waals surface area contributed by atoms with E-state index in [-0.39, 0.29) is 12.5 Å².